The molecule has 128 valence electrons. The lowest BCUT2D eigenvalue weighted by atomic mass is 9.83. The number of hydrogen-bond donors (Lipinski definition) is 1. The Labute approximate surface area is 145 Å². The zero-order chi connectivity index (χ0) is 18.1. The van der Waals surface area contributed by atoms with Crippen molar-refractivity contribution < 1.29 is 13.6 Å². The predicted molar refractivity (Wildman–Crippen MR) is 93.8 cm³/mol. The molecule has 2 aromatic carbocycles. The van der Waals surface area contributed by atoms with Crippen LogP contribution in [0.25, 0.3) is 0 Å². The first kappa shape index (κ1) is 18.2. The summed E-state index contributed by atoms with van der Waals surface area (Å²) in [5.41, 5.74) is -0.222. The average molecular weight is 353 g/mol. The first-order chi connectivity index (χ1) is 11.1. The average Bonchev–Trinajstić information content (AvgIpc) is 2.46. The van der Waals surface area contributed by atoms with E-state index in [1.54, 1.807) is 52.2 Å². The fourth-order valence-electron chi connectivity index (χ4n) is 2.35. The van der Waals surface area contributed by atoms with E-state index >= 15 is 0 Å². The Morgan fingerprint density at radius 3 is 2.04 bits per heavy atom. The third-order valence-corrected chi connectivity index (χ3v) is 4.11. The normalized spacial score (nSPS) is 11.3. The van der Waals surface area contributed by atoms with Crippen LogP contribution in [0.4, 0.5) is 20.2 Å². The van der Waals surface area contributed by atoms with E-state index in [0.29, 0.717) is 5.02 Å². The van der Waals surface area contributed by atoms with Crippen LogP contribution in [0.3, 0.4) is 0 Å². The second kappa shape index (κ2) is 6.77. The molecule has 0 bridgehead atoms. The molecule has 2 rings (SSSR count). The molecule has 0 saturated heterocycles. The van der Waals surface area contributed by atoms with Gasteiger partial charge in [0.25, 0.3) is 0 Å². The quantitative estimate of drug-likeness (QED) is 0.872. The molecule has 2 aromatic rings. The molecule has 0 spiro atoms. The maximum absolute atomic E-state index is 14.0. The number of hydrogen-bond acceptors (Lipinski definition) is 2. The van der Waals surface area contributed by atoms with Crippen molar-refractivity contribution in [1.82, 2.24) is 0 Å². The van der Waals surface area contributed by atoms with Crippen molar-refractivity contribution in [3.63, 3.8) is 0 Å². The van der Waals surface area contributed by atoms with E-state index < -0.39 is 17.0 Å². The maximum atomic E-state index is 14.0. The summed E-state index contributed by atoms with van der Waals surface area (Å²) in [7, 11) is 3.09. The minimum Gasteiger partial charge on any atom is -0.373 e. The molecule has 0 unspecified atom stereocenters. The molecular weight excluding hydrogens is 334 g/mol. The van der Waals surface area contributed by atoms with E-state index in [1.165, 1.54) is 4.90 Å². The van der Waals surface area contributed by atoms with Crippen molar-refractivity contribution in [3.05, 3.63) is 58.6 Å². The first-order valence-electron chi connectivity index (χ1n) is 7.37. The molecule has 1 N–H and O–H groups in total. The van der Waals surface area contributed by atoms with Gasteiger partial charge in [-0.05, 0) is 43.7 Å². The zero-order valence-corrected chi connectivity index (χ0v) is 14.7. The molecule has 0 atom stereocenters. The van der Waals surface area contributed by atoms with Gasteiger partial charge in [-0.2, -0.15) is 0 Å². The van der Waals surface area contributed by atoms with Gasteiger partial charge in [-0.25, -0.2) is 8.78 Å². The summed E-state index contributed by atoms with van der Waals surface area (Å²) in [5, 5.41) is 3.14. The van der Waals surface area contributed by atoms with Gasteiger partial charge < -0.3 is 10.2 Å². The largest absolute Gasteiger partial charge is 0.373 e. The number of anilines is 2. The minimum absolute atomic E-state index is 0.0719. The van der Waals surface area contributed by atoms with Gasteiger partial charge in [0.2, 0.25) is 5.91 Å². The van der Waals surface area contributed by atoms with Crippen LogP contribution in [0, 0.1) is 11.6 Å². The lowest BCUT2D eigenvalue weighted by Gasteiger charge is -2.24. The van der Waals surface area contributed by atoms with E-state index in [2.05, 4.69) is 5.32 Å². The van der Waals surface area contributed by atoms with Crippen LogP contribution in [0.2, 0.25) is 5.02 Å². The monoisotopic (exact) mass is 352 g/mol. The fraction of sp³-hybridized carbons (Fsp3) is 0.278. The summed E-state index contributed by atoms with van der Waals surface area (Å²) < 4.78 is 28.1. The van der Waals surface area contributed by atoms with Crippen molar-refractivity contribution in [2.24, 2.45) is 0 Å². The number of rotatable bonds is 4. The molecule has 6 heteroatoms. The number of carbonyl (C=O) groups is 1. The molecular formula is C18H19ClF2N2O. The highest BCUT2D eigenvalue weighted by molar-refractivity contribution is 6.30. The SMILES string of the molecule is CN(C)c1c(F)cc(NC(=O)C(C)(C)c2ccc(Cl)cc2)cc1F. The summed E-state index contributed by atoms with van der Waals surface area (Å²) in [4.78, 5) is 13.9. The van der Waals surface area contributed by atoms with Crippen molar-refractivity contribution in [2.45, 2.75) is 19.3 Å². The van der Waals surface area contributed by atoms with E-state index in [-0.39, 0.29) is 17.3 Å². The topological polar surface area (TPSA) is 32.3 Å². The molecule has 0 aliphatic carbocycles. The van der Waals surface area contributed by atoms with Gasteiger partial charge in [0.15, 0.2) is 11.6 Å². The molecule has 0 radical (unpaired) electrons. The van der Waals surface area contributed by atoms with Crippen LogP contribution >= 0.6 is 11.6 Å². The third kappa shape index (κ3) is 3.67. The van der Waals surface area contributed by atoms with Crippen molar-refractivity contribution >= 4 is 28.9 Å². The zero-order valence-electron chi connectivity index (χ0n) is 14.0. The van der Waals surface area contributed by atoms with Gasteiger partial charge in [-0.1, -0.05) is 23.7 Å². The Morgan fingerprint density at radius 2 is 1.58 bits per heavy atom. The number of halogens is 3. The van der Waals surface area contributed by atoms with Crippen LogP contribution in [-0.4, -0.2) is 20.0 Å². The lowest BCUT2D eigenvalue weighted by Crippen LogP contribution is -2.34. The van der Waals surface area contributed by atoms with Crippen molar-refractivity contribution in [3.8, 4) is 0 Å². The molecule has 1 amide bonds. The molecule has 0 aliphatic rings. The number of nitrogens with zero attached hydrogens (tertiary/aromatic N) is 1. The van der Waals surface area contributed by atoms with Gasteiger partial charge in [0, 0.05) is 24.8 Å². The second-order valence-corrected chi connectivity index (χ2v) is 6.71. The van der Waals surface area contributed by atoms with E-state index in [0.717, 1.165) is 17.7 Å². The fourth-order valence-corrected chi connectivity index (χ4v) is 2.48. The highest BCUT2D eigenvalue weighted by atomic mass is 35.5. The van der Waals surface area contributed by atoms with Crippen molar-refractivity contribution in [2.75, 3.05) is 24.3 Å². The Morgan fingerprint density at radius 1 is 1.08 bits per heavy atom. The summed E-state index contributed by atoms with van der Waals surface area (Å²) in [6, 6.07) is 9.09. The van der Waals surface area contributed by atoms with Crippen molar-refractivity contribution in [1.29, 1.82) is 0 Å². The molecule has 0 saturated carbocycles. The molecule has 0 fully saturated rings. The standard InChI is InChI=1S/C18H19ClF2N2O/c1-18(2,11-5-7-12(19)8-6-11)17(24)22-13-9-14(20)16(23(3)4)15(21)10-13/h5-10H,1-4H3,(H,22,24). The highest BCUT2D eigenvalue weighted by Gasteiger charge is 2.30. The third-order valence-electron chi connectivity index (χ3n) is 3.86. The van der Waals surface area contributed by atoms with E-state index in [1.807, 2.05) is 0 Å². The van der Waals surface area contributed by atoms with Gasteiger partial charge in [0.05, 0.1) is 5.41 Å². The summed E-state index contributed by atoms with van der Waals surface area (Å²) in [6.07, 6.45) is 0. The Bertz CT molecular complexity index is 735. The summed E-state index contributed by atoms with van der Waals surface area (Å²) in [6.45, 7) is 3.46. The van der Waals surface area contributed by atoms with Gasteiger partial charge in [-0.15, -0.1) is 0 Å². The Balaban J connectivity index is 2.27. The van der Waals surface area contributed by atoms with Crippen LogP contribution < -0.4 is 10.2 Å². The van der Waals surface area contributed by atoms with E-state index in [9.17, 15) is 13.6 Å². The molecule has 0 heterocycles. The molecule has 24 heavy (non-hydrogen) atoms. The molecule has 0 aliphatic heterocycles. The number of benzene rings is 2. The van der Waals surface area contributed by atoms with Gasteiger partial charge >= 0.3 is 0 Å². The second-order valence-electron chi connectivity index (χ2n) is 6.27. The number of amides is 1. The molecule has 3 nitrogen and oxygen atoms in total. The lowest BCUT2D eigenvalue weighted by molar-refractivity contribution is -0.120. The summed E-state index contributed by atoms with van der Waals surface area (Å²) in [5.74, 6) is -1.85. The minimum atomic E-state index is -0.891. The van der Waals surface area contributed by atoms with Gasteiger partial charge in [-0.3, -0.25) is 4.79 Å². The van der Waals surface area contributed by atoms with Crippen LogP contribution in [0.5, 0.6) is 0 Å². The predicted octanol–water partition coefficient (Wildman–Crippen LogP) is 4.60. The smallest absolute Gasteiger partial charge is 0.234 e. The summed E-state index contributed by atoms with van der Waals surface area (Å²) >= 11 is 5.86. The highest BCUT2D eigenvalue weighted by Crippen LogP contribution is 2.29. The number of carbonyl (C=O) groups excluding carboxylic acids is 1. The van der Waals surface area contributed by atoms with Crippen LogP contribution in [0.15, 0.2) is 36.4 Å². The van der Waals surface area contributed by atoms with Gasteiger partial charge in [0.1, 0.15) is 5.69 Å². The van der Waals surface area contributed by atoms with E-state index in [4.69, 9.17) is 11.6 Å². The maximum Gasteiger partial charge on any atom is 0.234 e. The number of nitrogens with one attached hydrogen (secondary N) is 1. The Kier molecular flexibility index (Phi) is 5.13. The Hall–Kier alpha value is -2.14. The van der Waals surface area contributed by atoms with Crippen LogP contribution in [-0.2, 0) is 10.2 Å². The first-order valence-corrected chi connectivity index (χ1v) is 7.74. The van der Waals surface area contributed by atoms with Crippen LogP contribution in [0.1, 0.15) is 19.4 Å². The molecule has 0 aromatic heterocycles.